The Morgan fingerprint density at radius 2 is 2.24 bits per heavy atom. The highest BCUT2D eigenvalue weighted by atomic mass is 16.5. The van der Waals surface area contributed by atoms with Crippen molar-refractivity contribution >= 4 is 17.5 Å². The number of carbonyl (C=O) groups is 1. The van der Waals surface area contributed by atoms with E-state index in [1.165, 1.54) is 0 Å². The second-order valence-electron chi connectivity index (χ2n) is 6.20. The van der Waals surface area contributed by atoms with Gasteiger partial charge in [0.2, 0.25) is 5.91 Å². The fourth-order valence-corrected chi connectivity index (χ4v) is 3.04. The number of anilines is 2. The molecule has 132 valence electrons. The first kappa shape index (κ1) is 17.3. The number of likely N-dealkylation sites (tertiary alicyclic amines) is 1. The minimum Gasteiger partial charge on any atom is -0.375 e. The molecule has 1 N–H and O–H groups in total. The Bertz CT molecular complexity index is 723. The van der Waals surface area contributed by atoms with E-state index in [1.807, 2.05) is 36.1 Å². The first-order valence-corrected chi connectivity index (χ1v) is 8.46. The number of aryl methyl sites for hydroxylation is 1. The predicted octanol–water partition coefficient (Wildman–Crippen LogP) is 2.28. The van der Waals surface area contributed by atoms with Crippen LogP contribution in [0.2, 0.25) is 0 Å². The highest BCUT2D eigenvalue weighted by Crippen LogP contribution is 2.26. The number of carbonyl (C=O) groups excluding carboxylic acids is 1. The van der Waals surface area contributed by atoms with Crippen molar-refractivity contribution in [2.45, 2.75) is 25.7 Å². The van der Waals surface area contributed by atoms with Gasteiger partial charge in [0.15, 0.2) is 0 Å². The molecule has 2 aromatic heterocycles. The van der Waals surface area contributed by atoms with Crippen LogP contribution in [-0.4, -0.2) is 52.6 Å². The Balaban J connectivity index is 1.76. The SMILES string of the molecule is COCC(=O)N1CCCC(c2nc(C)cc(Nc3ccccn3)n2)C1. The average molecular weight is 341 g/mol. The molecule has 2 aromatic rings. The molecule has 1 atom stereocenters. The van der Waals surface area contributed by atoms with Crippen LogP contribution in [0.5, 0.6) is 0 Å². The third-order valence-corrected chi connectivity index (χ3v) is 4.20. The summed E-state index contributed by atoms with van der Waals surface area (Å²) in [6, 6.07) is 7.58. The van der Waals surface area contributed by atoms with E-state index in [1.54, 1.807) is 13.3 Å². The molecule has 0 saturated carbocycles. The fourth-order valence-electron chi connectivity index (χ4n) is 3.04. The van der Waals surface area contributed by atoms with E-state index in [9.17, 15) is 4.79 Å². The van der Waals surface area contributed by atoms with Crippen LogP contribution in [0.15, 0.2) is 30.5 Å². The third-order valence-electron chi connectivity index (χ3n) is 4.20. The standard InChI is InChI=1S/C18H23N5O2/c1-13-10-16(21-15-7-3-4-8-19-15)22-18(20-13)14-6-5-9-23(11-14)17(24)12-25-2/h3-4,7-8,10,14H,5-6,9,11-12H2,1-2H3,(H,19,20,21,22). The summed E-state index contributed by atoms with van der Waals surface area (Å²) in [5, 5.41) is 3.22. The molecule has 0 aliphatic carbocycles. The van der Waals surface area contributed by atoms with Gasteiger partial charge in [0.05, 0.1) is 0 Å². The number of hydrogen-bond donors (Lipinski definition) is 1. The second kappa shape index (κ2) is 8.02. The molecule has 1 aliphatic heterocycles. The summed E-state index contributed by atoms with van der Waals surface area (Å²) in [6.45, 7) is 3.47. The van der Waals surface area contributed by atoms with Crippen molar-refractivity contribution in [1.29, 1.82) is 0 Å². The Morgan fingerprint density at radius 1 is 1.36 bits per heavy atom. The van der Waals surface area contributed by atoms with Gasteiger partial charge in [0.25, 0.3) is 0 Å². The van der Waals surface area contributed by atoms with Crippen molar-refractivity contribution in [2.24, 2.45) is 0 Å². The molecular formula is C18H23N5O2. The van der Waals surface area contributed by atoms with Crippen molar-refractivity contribution in [3.8, 4) is 0 Å². The maximum Gasteiger partial charge on any atom is 0.248 e. The van der Waals surface area contributed by atoms with E-state index in [-0.39, 0.29) is 18.4 Å². The molecule has 1 unspecified atom stereocenters. The number of nitrogens with one attached hydrogen (secondary N) is 1. The van der Waals surface area contributed by atoms with E-state index in [4.69, 9.17) is 4.74 Å². The van der Waals surface area contributed by atoms with Crippen LogP contribution in [-0.2, 0) is 9.53 Å². The molecule has 0 radical (unpaired) electrons. The van der Waals surface area contributed by atoms with Crippen LogP contribution in [0.1, 0.15) is 30.3 Å². The lowest BCUT2D eigenvalue weighted by Gasteiger charge is -2.32. The number of amides is 1. The lowest BCUT2D eigenvalue weighted by atomic mass is 9.97. The van der Waals surface area contributed by atoms with Crippen LogP contribution >= 0.6 is 0 Å². The third kappa shape index (κ3) is 4.51. The largest absolute Gasteiger partial charge is 0.375 e. The van der Waals surface area contributed by atoms with Crippen LogP contribution in [0.4, 0.5) is 11.6 Å². The number of hydrogen-bond acceptors (Lipinski definition) is 6. The van der Waals surface area contributed by atoms with Crippen LogP contribution in [0.3, 0.4) is 0 Å². The van der Waals surface area contributed by atoms with Crippen LogP contribution in [0.25, 0.3) is 0 Å². The predicted molar refractivity (Wildman–Crippen MR) is 94.7 cm³/mol. The van der Waals surface area contributed by atoms with Crippen molar-refractivity contribution in [3.05, 3.63) is 42.0 Å². The lowest BCUT2D eigenvalue weighted by molar-refractivity contribution is -0.136. The Hall–Kier alpha value is -2.54. The fraction of sp³-hybridized carbons (Fsp3) is 0.444. The van der Waals surface area contributed by atoms with E-state index >= 15 is 0 Å². The first-order chi connectivity index (χ1) is 12.2. The first-order valence-electron chi connectivity index (χ1n) is 8.46. The monoisotopic (exact) mass is 341 g/mol. The van der Waals surface area contributed by atoms with Crippen molar-refractivity contribution in [2.75, 3.05) is 32.1 Å². The number of rotatable bonds is 5. The summed E-state index contributed by atoms with van der Waals surface area (Å²) in [5.74, 6) is 2.40. The van der Waals surface area contributed by atoms with Gasteiger partial charge in [-0.1, -0.05) is 6.07 Å². The van der Waals surface area contributed by atoms with Gasteiger partial charge in [-0.15, -0.1) is 0 Å². The van der Waals surface area contributed by atoms with Gasteiger partial charge >= 0.3 is 0 Å². The van der Waals surface area contributed by atoms with Gasteiger partial charge in [-0.05, 0) is 31.9 Å². The molecule has 7 nitrogen and oxygen atoms in total. The zero-order chi connectivity index (χ0) is 17.6. The number of pyridine rings is 1. The minimum absolute atomic E-state index is 0.0201. The molecule has 3 rings (SSSR count). The quantitative estimate of drug-likeness (QED) is 0.899. The number of nitrogens with zero attached hydrogens (tertiary/aromatic N) is 4. The van der Waals surface area contributed by atoms with Crippen molar-refractivity contribution in [1.82, 2.24) is 19.9 Å². The van der Waals surface area contributed by atoms with Gasteiger partial charge in [0.1, 0.15) is 24.1 Å². The summed E-state index contributed by atoms with van der Waals surface area (Å²) in [7, 11) is 1.54. The molecular weight excluding hydrogens is 318 g/mol. The lowest BCUT2D eigenvalue weighted by Crippen LogP contribution is -2.41. The van der Waals surface area contributed by atoms with E-state index in [2.05, 4.69) is 20.3 Å². The summed E-state index contributed by atoms with van der Waals surface area (Å²) in [6.07, 6.45) is 3.65. The molecule has 0 bridgehead atoms. The molecule has 7 heteroatoms. The normalized spacial score (nSPS) is 17.4. The maximum absolute atomic E-state index is 12.1. The molecule has 1 aliphatic rings. The zero-order valence-corrected chi connectivity index (χ0v) is 14.6. The smallest absolute Gasteiger partial charge is 0.248 e. The van der Waals surface area contributed by atoms with E-state index in [0.717, 1.165) is 42.5 Å². The van der Waals surface area contributed by atoms with E-state index in [0.29, 0.717) is 6.54 Å². The molecule has 3 heterocycles. The summed E-state index contributed by atoms with van der Waals surface area (Å²) < 4.78 is 4.96. The maximum atomic E-state index is 12.1. The second-order valence-corrected chi connectivity index (χ2v) is 6.20. The number of ether oxygens (including phenoxy) is 1. The molecule has 1 amide bonds. The minimum atomic E-state index is 0.0201. The highest BCUT2D eigenvalue weighted by molar-refractivity contribution is 5.77. The van der Waals surface area contributed by atoms with Gasteiger partial charge < -0.3 is 15.0 Å². The Morgan fingerprint density at radius 3 is 3.00 bits per heavy atom. The topological polar surface area (TPSA) is 80.2 Å². The highest BCUT2D eigenvalue weighted by Gasteiger charge is 2.26. The zero-order valence-electron chi connectivity index (χ0n) is 14.6. The van der Waals surface area contributed by atoms with Gasteiger partial charge in [-0.2, -0.15) is 0 Å². The van der Waals surface area contributed by atoms with E-state index < -0.39 is 0 Å². The van der Waals surface area contributed by atoms with Gasteiger partial charge in [0, 0.05) is 44.1 Å². The Kier molecular flexibility index (Phi) is 5.55. The number of aromatic nitrogens is 3. The van der Waals surface area contributed by atoms with Crippen molar-refractivity contribution in [3.63, 3.8) is 0 Å². The summed E-state index contributed by atoms with van der Waals surface area (Å²) >= 11 is 0. The van der Waals surface area contributed by atoms with Crippen molar-refractivity contribution < 1.29 is 9.53 Å². The van der Waals surface area contributed by atoms with Crippen LogP contribution in [0, 0.1) is 6.92 Å². The number of methoxy groups -OCH3 is 1. The summed E-state index contributed by atoms with van der Waals surface area (Å²) in [4.78, 5) is 27.5. The van der Waals surface area contributed by atoms with Gasteiger partial charge in [-0.3, -0.25) is 4.79 Å². The molecule has 0 spiro atoms. The molecule has 1 fully saturated rings. The summed E-state index contributed by atoms with van der Waals surface area (Å²) in [5.41, 5.74) is 0.892. The molecule has 0 aromatic carbocycles. The van der Waals surface area contributed by atoms with Crippen LogP contribution < -0.4 is 5.32 Å². The molecule has 25 heavy (non-hydrogen) atoms. The Labute approximate surface area is 147 Å². The average Bonchev–Trinajstić information content (AvgIpc) is 2.62. The molecule has 1 saturated heterocycles. The van der Waals surface area contributed by atoms with Gasteiger partial charge in [-0.25, -0.2) is 15.0 Å². The number of piperidine rings is 1.